The van der Waals surface area contributed by atoms with E-state index in [4.69, 9.17) is 4.99 Å². The van der Waals surface area contributed by atoms with Crippen LogP contribution in [0.2, 0.25) is 0 Å². The van der Waals surface area contributed by atoms with Crippen molar-refractivity contribution < 1.29 is 0 Å². The third kappa shape index (κ3) is 2.68. The number of nitrogens with one attached hydrogen (secondary N) is 1. The molecule has 1 N–H and O–H groups in total. The molecule has 1 aliphatic heterocycles. The zero-order valence-electron chi connectivity index (χ0n) is 9.88. The van der Waals surface area contributed by atoms with E-state index in [1.165, 1.54) is 43.0 Å². The van der Waals surface area contributed by atoms with Crippen LogP contribution in [0.1, 0.15) is 46.0 Å². The molecule has 1 aliphatic carbocycles. The number of nitrogens with zero attached hydrogens (tertiary/aromatic N) is 1. The number of rotatable bonds is 3. The fourth-order valence-electron chi connectivity index (χ4n) is 2.29. The Balaban J connectivity index is 1.86. The van der Waals surface area contributed by atoms with E-state index in [1.807, 2.05) is 11.8 Å². The molecule has 0 aromatic heterocycles. The van der Waals surface area contributed by atoms with Crippen molar-refractivity contribution in [1.29, 1.82) is 0 Å². The molecule has 1 atom stereocenters. The van der Waals surface area contributed by atoms with Crippen LogP contribution in [-0.4, -0.2) is 23.5 Å². The van der Waals surface area contributed by atoms with Crippen molar-refractivity contribution in [1.82, 2.24) is 5.32 Å². The van der Waals surface area contributed by atoms with Crippen LogP contribution >= 0.6 is 11.8 Å². The fourth-order valence-corrected chi connectivity index (χ4v) is 3.39. The maximum absolute atomic E-state index is 4.77. The monoisotopic (exact) mass is 226 g/mol. The molecule has 1 saturated carbocycles. The Bertz CT molecular complexity index is 240. The van der Waals surface area contributed by atoms with E-state index in [0.717, 1.165) is 6.54 Å². The standard InChI is InChI=1S/C12H22N2S/c1-3-12(6-4-7-12)9-13-11-14-10(2)5-8-15-11/h10H,3-9H2,1-2H3,(H,13,14). The van der Waals surface area contributed by atoms with Crippen LogP contribution in [0.4, 0.5) is 0 Å². The van der Waals surface area contributed by atoms with Gasteiger partial charge in [-0.25, -0.2) is 0 Å². The summed E-state index contributed by atoms with van der Waals surface area (Å²) < 4.78 is 0. The van der Waals surface area contributed by atoms with Crippen LogP contribution in [0, 0.1) is 5.41 Å². The van der Waals surface area contributed by atoms with E-state index >= 15 is 0 Å². The van der Waals surface area contributed by atoms with Crippen LogP contribution in [-0.2, 0) is 0 Å². The van der Waals surface area contributed by atoms with Gasteiger partial charge in [0, 0.05) is 18.3 Å². The van der Waals surface area contributed by atoms with Crippen molar-refractivity contribution in [2.75, 3.05) is 12.3 Å². The van der Waals surface area contributed by atoms with E-state index in [-0.39, 0.29) is 0 Å². The smallest absolute Gasteiger partial charge is 0.156 e. The third-order valence-electron chi connectivity index (χ3n) is 3.88. The maximum Gasteiger partial charge on any atom is 0.156 e. The van der Waals surface area contributed by atoms with Gasteiger partial charge in [0.1, 0.15) is 0 Å². The van der Waals surface area contributed by atoms with Gasteiger partial charge in [-0.3, -0.25) is 4.99 Å². The molecule has 2 rings (SSSR count). The highest BCUT2D eigenvalue weighted by Crippen LogP contribution is 2.44. The summed E-state index contributed by atoms with van der Waals surface area (Å²) in [6, 6.07) is 0.615. The number of aliphatic imine (C=N–C) groups is 1. The molecule has 2 fully saturated rings. The number of hydrogen-bond donors (Lipinski definition) is 1. The minimum atomic E-state index is 0.565. The van der Waals surface area contributed by atoms with Crippen molar-refractivity contribution in [3.63, 3.8) is 0 Å². The van der Waals surface area contributed by atoms with Gasteiger partial charge >= 0.3 is 0 Å². The van der Waals surface area contributed by atoms with Gasteiger partial charge in [-0.05, 0) is 38.0 Å². The predicted molar refractivity (Wildman–Crippen MR) is 68.5 cm³/mol. The van der Waals surface area contributed by atoms with Crippen LogP contribution in [0.25, 0.3) is 0 Å². The largest absolute Gasteiger partial charge is 0.362 e. The molecule has 0 radical (unpaired) electrons. The van der Waals surface area contributed by atoms with Crippen molar-refractivity contribution in [3.8, 4) is 0 Å². The van der Waals surface area contributed by atoms with Crippen LogP contribution in [0.5, 0.6) is 0 Å². The highest BCUT2D eigenvalue weighted by Gasteiger charge is 2.34. The summed E-state index contributed by atoms with van der Waals surface area (Å²) in [6.07, 6.45) is 6.75. The number of amidine groups is 1. The SMILES string of the molecule is CCC1(CN=C2NC(C)CCS2)CCC1. The average molecular weight is 226 g/mol. The average Bonchev–Trinajstić information content (AvgIpc) is 2.17. The van der Waals surface area contributed by atoms with Gasteiger partial charge in [-0.1, -0.05) is 25.1 Å². The zero-order valence-corrected chi connectivity index (χ0v) is 10.7. The molecule has 15 heavy (non-hydrogen) atoms. The van der Waals surface area contributed by atoms with Gasteiger partial charge in [0.15, 0.2) is 5.17 Å². The molecule has 0 aromatic carbocycles. The molecule has 1 saturated heterocycles. The van der Waals surface area contributed by atoms with Gasteiger partial charge in [-0.2, -0.15) is 0 Å². The van der Waals surface area contributed by atoms with Gasteiger partial charge in [-0.15, -0.1) is 0 Å². The summed E-state index contributed by atoms with van der Waals surface area (Å²) in [5, 5.41) is 4.66. The second-order valence-corrected chi connectivity index (χ2v) is 6.09. The molecule has 1 heterocycles. The summed E-state index contributed by atoms with van der Waals surface area (Å²) in [5.74, 6) is 1.23. The van der Waals surface area contributed by atoms with Crippen molar-refractivity contribution in [2.45, 2.75) is 52.0 Å². The summed E-state index contributed by atoms with van der Waals surface area (Å²) in [5.41, 5.74) is 0.565. The highest BCUT2D eigenvalue weighted by atomic mass is 32.2. The molecule has 0 amide bonds. The Morgan fingerprint density at radius 3 is 2.87 bits per heavy atom. The number of hydrogen-bond acceptors (Lipinski definition) is 2. The number of thioether (sulfide) groups is 1. The summed E-state index contributed by atoms with van der Waals surface area (Å²) in [6.45, 7) is 5.60. The predicted octanol–water partition coefficient (Wildman–Crippen LogP) is 3.04. The van der Waals surface area contributed by atoms with Crippen LogP contribution in [0.3, 0.4) is 0 Å². The Kier molecular flexibility index (Phi) is 3.60. The van der Waals surface area contributed by atoms with Gasteiger partial charge in [0.25, 0.3) is 0 Å². The molecule has 0 spiro atoms. The summed E-state index contributed by atoms with van der Waals surface area (Å²) >= 11 is 1.89. The van der Waals surface area contributed by atoms with Crippen LogP contribution < -0.4 is 5.32 Å². The van der Waals surface area contributed by atoms with E-state index in [2.05, 4.69) is 19.2 Å². The van der Waals surface area contributed by atoms with E-state index in [0.29, 0.717) is 11.5 Å². The minimum Gasteiger partial charge on any atom is -0.362 e. The molecule has 1 unspecified atom stereocenters. The molecule has 0 bridgehead atoms. The highest BCUT2D eigenvalue weighted by molar-refractivity contribution is 8.13. The Morgan fingerprint density at radius 2 is 2.33 bits per heavy atom. The molecule has 86 valence electrons. The third-order valence-corrected chi connectivity index (χ3v) is 4.84. The second kappa shape index (κ2) is 4.77. The minimum absolute atomic E-state index is 0.565. The topological polar surface area (TPSA) is 24.4 Å². The first kappa shape index (κ1) is 11.3. The molecule has 0 aromatic rings. The van der Waals surface area contributed by atoms with Gasteiger partial charge in [0.2, 0.25) is 0 Å². The quantitative estimate of drug-likeness (QED) is 0.800. The second-order valence-electron chi connectivity index (χ2n) is 5.01. The Morgan fingerprint density at radius 1 is 1.53 bits per heavy atom. The fraction of sp³-hybridized carbons (Fsp3) is 0.917. The summed E-state index contributed by atoms with van der Waals surface area (Å²) in [7, 11) is 0. The zero-order chi connectivity index (χ0) is 10.7. The van der Waals surface area contributed by atoms with E-state index in [1.54, 1.807) is 0 Å². The lowest BCUT2D eigenvalue weighted by Crippen LogP contribution is -2.37. The van der Waals surface area contributed by atoms with Gasteiger partial charge < -0.3 is 5.32 Å². The van der Waals surface area contributed by atoms with Crippen molar-refractivity contribution in [2.24, 2.45) is 10.4 Å². The van der Waals surface area contributed by atoms with Crippen molar-refractivity contribution >= 4 is 16.9 Å². The lowest BCUT2D eigenvalue weighted by atomic mass is 9.67. The first-order valence-electron chi connectivity index (χ1n) is 6.18. The molecular formula is C12H22N2S. The van der Waals surface area contributed by atoms with Crippen LogP contribution in [0.15, 0.2) is 4.99 Å². The maximum atomic E-state index is 4.77. The van der Waals surface area contributed by atoms with E-state index in [9.17, 15) is 0 Å². The lowest BCUT2D eigenvalue weighted by Gasteiger charge is -2.40. The lowest BCUT2D eigenvalue weighted by molar-refractivity contribution is 0.139. The Hall–Kier alpha value is -0.180. The Labute approximate surface area is 97.3 Å². The molecule has 2 aliphatic rings. The first-order valence-corrected chi connectivity index (χ1v) is 7.16. The van der Waals surface area contributed by atoms with Crippen molar-refractivity contribution in [3.05, 3.63) is 0 Å². The molecule has 3 heteroatoms. The first-order chi connectivity index (χ1) is 7.24. The molecule has 2 nitrogen and oxygen atoms in total. The van der Waals surface area contributed by atoms with Gasteiger partial charge in [0.05, 0.1) is 0 Å². The molecular weight excluding hydrogens is 204 g/mol. The normalized spacial score (nSPS) is 32.1. The van der Waals surface area contributed by atoms with E-state index < -0.39 is 0 Å². The summed E-state index contributed by atoms with van der Waals surface area (Å²) in [4.78, 5) is 4.77.